The summed E-state index contributed by atoms with van der Waals surface area (Å²) in [7, 11) is 0. The van der Waals surface area contributed by atoms with E-state index in [1.54, 1.807) is 6.20 Å². The van der Waals surface area contributed by atoms with Gasteiger partial charge in [-0.3, -0.25) is 4.79 Å². The quantitative estimate of drug-likeness (QED) is 0.837. The van der Waals surface area contributed by atoms with Crippen LogP contribution in [0.25, 0.3) is 11.1 Å². The number of amides is 1. The highest BCUT2D eigenvalue weighted by molar-refractivity contribution is 6.30. The number of nitrogens with two attached hydrogens (primary N) is 1. The van der Waals surface area contributed by atoms with Crippen molar-refractivity contribution in [3.63, 3.8) is 0 Å². The predicted molar refractivity (Wildman–Crippen MR) is 107 cm³/mol. The molecule has 1 aromatic heterocycles. The van der Waals surface area contributed by atoms with Gasteiger partial charge in [-0.15, -0.1) is 0 Å². The zero-order valence-corrected chi connectivity index (χ0v) is 16.2. The highest BCUT2D eigenvalue weighted by Crippen LogP contribution is 2.38. The summed E-state index contributed by atoms with van der Waals surface area (Å²) in [6.07, 6.45) is 9.16. The first-order valence-corrected chi connectivity index (χ1v) is 10.2. The Morgan fingerprint density at radius 3 is 2.52 bits per heavy atom. The number of nitrogens with zero attached hydrogens (tertiary/aromatic N) is 3. The Bertz CT molecular complexity index is 817. The molecule has 0 unspecified atom stereocenters. The number of rotatable bonds is 3. The van der Waals surface area contributed by atoms with Crippen LogP contribution in [0.2, 0.25) is 5.02 Å². The normalized spacial score (nSPS) is 20.8. The standard InChI is InChI=1S/C21H25ClN4O/c22-16-10-8-14(9-11-16)17-13-24-21(23)25-19(17)18-7-3-4-12-26(18)20(27)15-5-1-2-6-15/h8-11,13,15,18H,1-7,12H2,(H2,23,24,25)/t18-/m1/s1. The molecular weight excluding hydrogens is 360 g/mol. The van der Waals surface area contributed by atoms with E-state index in [2.05, 4.69) is 14.9 Å². The third kappa shape index (κ3) is 3.79. The first-order valence-electron chi connectivity index (χ1n) is 9.82. The summed E-state index contributed by atoms with van der Waals surface area (Å²) < 4.78 is 0. The molecule has 0 spiro atoms. The number of piperidine rings is 1. The monoisotopic (exact) mass is 384 g/mol. The minimum absolute atomic E-state index is 0.0390. The van der Waals surface area contributed by atoms with Gasteiger partial charge < -0.3 is 10.6 Å². The van der Waals surface area contributed by atoms with Crippen LogP contribution in [0.1, 0.15) is 56.7 Å². The minimum atomic E-state index is -0.0390. The van der Waals surface area contributed by atoms with Gasteiger partial charge in [-0.25, -0.2) is 9.97 Å². The molecule has 27 heavy (non-hydrogen) atoms. The summed E-state index contributed by atoms with van der Waals surface area (Å²) >= 11 is 6.05. The van der Waals surface area contributed by atoms with E-state index in [0.717, 1.165) is 68.3 Å². The van der Waals surface area contributed by atoms with E-state index in [4.69, 9.17) is 17.3 Å². The third-order valence-electron chi connectivity index (χ3n) is 5.80. The van der Waals surface area contributed by atoms with E-state index < -0.39 is 0 Å². The van der Waals surface area contributed by atoms with Crippen molar-refractivity contribution in [3.05, 3.63) is 41.2 Å². The van der Waals surface area contributed by atoms with Crippen molar-refractivity contribution < 1.29 is 4.79 Å². The summed E-state index contributed by atoms with van der Waals surface area (Å²) in [6, 6.07) is 7.61. The highest BCUT2D eigenvalue weighted by Gasteiger charge is 2.35. The Balaban J connectivity index is 1.72. The lowest BCUT2D eigenvalue weighted by atomic mass is 9.92. The maximum Gasteiger partial charge on any atom is 0.226 e. The number of aromatic nitrogens is 2. The lowest BCUT2D eigenvalue weighted by Gasteiger charge is -2.37. The molecule has 1 atom stereocenters. The van der Waals surface area contributed by atoms with Gasteiger partial charge in [0.2, 0.25) is 11.9 Å². The van der Waals surface area contributed by atoms with Gasteiger partial charge in [0.05, 0.1) is 11.7 Å². The van der Waals surface area contributed by atoms with E-state index in [1.807, 2.05) is 24.3 Å². The van der Waals surface area contributed by atoms with Crippen LogP contribution in [-0.2, 0) is 4.79 Å². The van der Waals surface area contributed by atoms with Gasteiger partial charge in [0.25, 0.3) is 0 Å². The molecule has 1 saturated heterocycles. The van der Waals surface area contributed by atoms with E-state index in [-0.39, 0.29) is 23.8 Å². The first kappa shape index (κ1) is 18.2. The van der Waals surface area contributed by atoms with Crippen molar-refractivity contribution in [1.82, 2.24) is 14.9 Å². The zero-order chi connectivity index (χ0) is 18.8. The van der Waals surface area contributed by atoms with Gasteiger partial charge in [-0.1, -0.05) is 36.6 Å². The van der Waals surface area contributed by atoms with Crippen LogP contribution in [-0.4, -0.2) is 27.3 Å². The highest BCUT2D eigenvalue weighted by atomic mass is 35.5. The van der Waals surface area contributed by atoms with Crippen LogP contribution >= 0.6 is 11.6 Å². The number of halogens is 1. The summed E-state index contributed by atoms with van der Waals surface area (Å²) in [5.74, 6) is 0.710. The maximum atomic E-state index is 13.2. The molecule has 0 bridgehead atoms. The maximum absolute atomic E-state index is 13.2. The van der Waals surface area contributed by atoms with Crippen molar-refractivity contribution in [2.75, 3.05) is 12.3 Å². The third-order valence-corrected chi connectivity index (χ3v) is 6.05. The number of carbonyl (C=O) groups is 1. The Kier molecular flexibility index (Phi) is 5.30. The molecule has 2 fully saturated rings. The molecule has 142 valence electrons. The molecule has 1 aliphatic carbocycles. The van der Waals surface area contributed by atoms with Gasteiger partial charge in [0.15, 0.2) is 0 Å². The molecule has 2 aliphatic rings. The lowest BCUT2D eigenvalue weighted by Crippen LogP contribution is -2.42. The van der Waals surface area contributed by atoms with E-state index >= 15 is 0 Å². The van der Waals surface area contributed by atoms with Crippen LogP contribution in [0.3, 0.4) is 0 Å². The van der Waals surface area contributed by atoms with Gasteiger partial charge >= 0.3 is 0 Å². The Morgan fingerprint density at radius 1 is 1.07 bits per heavy atom. The van der Waals surface area contributed by atoms with Crippen LogP contribution < -0.4 is 5.73 Å². The fourth-order valence-corrected chi connectivity index (χ4v) is 4.53. The molecule has 1 aromatic carbocycles. The lowest BCUT2D eigenvalue weighted by molar-refractivity contribution is -0.139. The van der Waals surface area contributed by atoms with Crippen molar-refractivity contribution >= 4 is 23.5 Å². The Labute approximate surface area is 164 Å². The minimum Gasteiger partial charge on any atom is -0.368 e. The number of likely N-dealkylation sites (tertiary alicyclic amines) is 1. The predicted octanol–water partition coefficient (Wildman–Crippen LogP) is 4.62. The van der Waals surface area contributed by atoms with Gasteiger partial charge in [0.1, 0.15) is 0 Å². The largest absolute Gasteiger partial charge is 0.368 e. The SMILES string of the molecule is Nc1ncc(-c2ccc(Cl)cc2)c([C@H]2CCCCN2C(=O)C2CCCC2)n1. The Morgan fingerprint density at radius 2 is 1.78 bits per heavy atom. The van der Waals surface area contributed by atoms with Crippen molar-refractivity contribution in [3.8, 4) is 11.1 Å². The number of hydrogen-bond donors (Lipinski definition) is 1. The first-order chi connectivity index (χ1) is 13.1. The van der Waals surface area contributed by atoms with E-state index in [0.29, 0.717) is 5.02 Å². The fourth-order valence-electron chi connectivity index (χ4n) is 4.40. The fraction of sp³-hybridized carbons (Fsp3) is 0.476. The van der Waals surface area contributed by atoms with Crippen LogP contribution in [0.5, 0.6) is 0 Å². The van der Waals surface area contributed by atoms with Crippen molar-refractivity contribution in [2.24, 2.45) is 5.92 Å². The van der Waals surface area contributed by atoms with Crippen LogP contribution in [0, 0.1) is 5.92 Å². The van der Waals surface area contributed by atoms with Gasteiger partial charge in [-0.05, 0) is 49.8 Å². The van der Waals surface area contributed by atoms with Crippen LogP contribution in [0.4, 0.5) is 5.95 Å². The molecule has 0 radical (unpaired) electrons. The molecular formula is C21H25ClN4O. The van der Waals surface area contributed by atoms with Crippen molar-refractivity contribution in [2.45, 2.75) is 51.0 Å². The molecule has 1 aliphatic heterocycles. The second-order valence-electron chi connectivity index (χ2n) is 7.56. The molecule has 2 aromatic rings. The van der Waals surface area contributed by atoms with Gasteiger partial charge in [-0.2, -0.15) is 0 Å². The smallest absolute Gasteiger partial charge is 0.226 e. The van der Waals surface area contributed by atoms with E-state index in [9.17, 15) is 4.79 Å². The van der Waals surface area contributed by atoms with Crippen LogP contribution in [0.15, 0.2) is 30.5 Å². The average molecular weight is 385 g/mol. The molecule has 1 amide bonds. The topological polar surface area (TPSA) is 72.1 Å². The summed E-state index contributed by atoms with van der Waals surface area (Å²) in [5.41, 5.74) is 8.71. The van der Waals surface area contributed by atoms with Gasteiger partial charge in [0, 0.05) is 29.2 Å². The number of carbonyl (C=O) groups excluding carboxylic acids is 1. The number of hydrogen-bond acceptors (Lipinski definition) is 4. The molecule has 2 heterocycles. The number of nitrogen functional groups attached to an aromatic ring is 1. The second-order valence-corrected chi connectivity index (χ2v) is 8.00. The second kappa shape index (κ2) is 7.85. The van der Waals surface area contributed by atoms with E-state index in [1.165, 1.54) is 0 Å². The summed E-state index contributed by atoms with van der Waals surface area (Å²) in [6.45, 7) is 0.796. The summed E-state index contributed by atoms with van der Waals surface area (Å²) in [5, 5.41) is 0.687. The molecule has 6 heteroatoms. The number of benzene rings is 1. The van der Waals surface area contributed by atoms with Crippen molar-refractivity contribution in [1.29, 1.82) is 0 Å². The number of anilines is 1. The Hall–Kier alpha value is -2.14. The average Bonchev–Trinajstić information content (AvgIpc) is 3.23. The zero-order valence-electron chi connectivity index (χ0n) is 15.4. The molecule has 5 nitrogen and oxygen atoms in total. The molecule has 2 N–H and O–H groups in total. The molecule has 1 saturated carbocycles. The molecule has 4 rings (SSSR count). The summed E-state index contributed by atoms with van der Waals surface area (Å²) in [4.78, 5) is 24.1.